The molecule has 2 unspecified atom stereocenters. The van der Waals surface area contributed by atoms with E-state index in [0.29, 0.717) is 46.7 Å². The van der Waals surface area contributed by atoms with Crippen molar-refractivity contribution in [2.45, 2.75) is 82.8 Å². The number of rotatable bonds is 21. The molecule has 0 radical (unpaired) electrons. The monoisotopic (exact) mass is 904 g/mol. The summed E-state index contributed by atoms with van der Waals surface area (Å²) in [6.45, 7) is 8.90. The largest absolute Gasteiger partial charge is 0.697 e. The molecule has 1 aliphatic rings. The van der Waals surface area contributed by atoms with Gasteiger partial charge in [0.05, 0.1) is 33.3 Å². The molecule has 3 heterocycles. The summed E-state index contributed by atoms with van der Waals surface area (Å²) in [6.07, 6.45) is 1.67. The molecular formula is C49H59N7O8P+. The molecule has 1 fully saturated rings. The lowest BCUT2D eigenvalue weighted by Crippen LogP contribution is -2.52. The molecule has 6 aromatic rings. The number of imidazole rings is 1. The van der Waals surface area contributed by atoms with E-state index in [0.717, 1.165) is 16.7 Å². The zero-order chi connectivity index (χ0) is 46.1. The first-order valence-corrected chi connectivity index (χ1v) is 22.9. The number of nitrogens with one attached hydrogen (secondary N) is 1. The zero-order valence-corrected chi connectivity index (χ0v) is 39.1. The van der Waals surface area contributed by atoms with Gasteiger partial charge in [-0.25, -0.2) is 15.0 Å². The molecule has 65 heavy (non-hydrogen) atoms. The third-order valence-corrected chi connectivity index (χ3v) is 12.5. The predicted octanol–water partition coefficient (Wildman–Crippen LogP) is 8.85. The molecule has 1 saturated heterocycles. The van der Waals surface area contributed by atoms with Crippen LogP contribution in [0.15, 0.2) is 122 Å². The fourth-order valence-corrected chi connectivity index (χ4v) is 9.43. The Morgan fingerprint density at radius 1 is 0.831 bits per heavy atom. The Hall–Kier alpha value is -5.64. The van der Waals surface area contributed by atoms with Crippen LogP contribution in [0.5, 0.6) is 11.5 Å². The molecule has 1 aliphatic heterocycles. The van der Waals surface area contributed by atoms with Gasteiger partial charge in [0, 0.05) is 35.1 Å². The van der Waals surface area contributed by atoms with E-state index < -0.39 is 32.3 Å². The van der Waals surface area contributed by atoms with Gasteiger partial charge in [-0.15, -0.1) is 9.05 Å². The number of anilines is 1. The molecule has 1 amide bonds. The molecular weight excluding hydrogens is 846 g/mol. The number of benzene rings is 4. The van der Waals surface area contributed by atoms with Crippen molar-refractivity contribution in [1.29, 1.82) is 0 Å². The molecule has 2 aromatic heterocycles. The van der Waals surface area contributed by atoms with Gasteiger partial charge < -0.3 is 24.3 Å². The molecule has 0 bridgehead atoms. The van der Waals surface area contributed by atoms with E-state index in [1.807, 2.05) is 99.0 Å². The summed E-state index contributed by atoms with van der Waals surface area (Å²) in [7, 11) is 4.74. The summed E-state index contributed by atoms with van der Waals surface area (Å²) < 4.78 is 53.1. The topological polar surface area (TPSA) is 152 Å². The highest BCUT2D eigenvalue weighted by atomic mass is 31.1. The van der Waals surface area contributed by atoms with Crippen LogP contribution in [0.3, 0.4) is 0 Å². The minimum absolute atomic E-state index is 0.00225. The fourth-order valence-electron chi connectivity index (χ4n) is 8.67. The minimum atomic E-state index is -2.60. The predicted molar refractivity (Wildman–Crippen MR) is 249 cm³/mol. The molecule has 0 spiro atoms. The first-order chi connectivity index (χ1) is 31.4. The maximum absolute atomic E-state index is 13.9. The van der Waals surface area contributed by atoms with Crippen LogP contribution >= 0.6 is 8.25 Å². The quantitative estimate of drug-likeness (QED) is 0.0417. The van der Waals surface area contributed by atoms with E-state index in [9.17, 15) is 9.36 Å². The second-order valence-corrected chi connectivity index (χ2v) is 17.5. The van der Waals surface area contributed by atoms with Gasteiger partial charge in [0.1, 0.15) is 48.5 Å². The molecule has 16 heteroatoms. The van der Waals surface area contributed by atoms with E-state index in [1.54, 1.807) is 49.4 Å². The first kappa shape index (κ1) is 47.3. The van der Waals surface area contributed by atoms with Crippen molar-refractivity contribution >= 4 is 31.1 Å². The summed E-state index contributed by atoms with van der Waals surface area (Å²) >= 11 is 0. The Kier molecular flexibility index (Phi) is 15.7. The van der Waals surface area contributed by atoms with E-state index >= 15 is 0 Å². The third kappa shape index (κ3) is 10.7. The molecule has 7 rings (SSSR count). The number of carbonyl (C=O) groups excluding carboxylic acids is 1. The number of fused-ring (bicyclic) bond motifs is 1. The normalized spacial score (nSPS) is 17.3. The van der Waals surface area contributed by atoms with Crippen molar-refractivity contribution in [3.05, 3.63) is 144 Å². The van der Waals surface area contributed by atoms with Gasteiger partial charge in [-0.2, -0.15) is 0 Å². The SMILES string of the molecule is COc1ccc(C(OC[C@H]2O[C@@H](n3cnc4c(NC(=O)c5ccccc5)ncnc43)C[C@@H]2O[P+](=O)OCCC(N(C)C)N(C(C)C)C(C)C)(c2ccccc2)c2ccc(OC)cc2)cc1. The molecule has 5 atom stereocenters. The number of carbonyl (C=O) groups is 1. The molecule has 1 N–H and O–H groups in total. The first-order valence-electron chi connectivity index (χ1n) is 21.8. The van der Waals surface area contributed by atoms with Crippen LogP contribution in [0.2, 0.25) is 0 Å². The summed E-state index contributed by atoms with van der Waals surface area (Å²) in [5.74, 6) is 1.31. The highest BCUT2D eigenvalue weighted by Gasteiger charge is 2.47. The van der Waals surface area contributed by atoms with E-state index in [2.05, 4.69) is 57.8 Å². The van der Waals surface area contributed by atoms with E-state index in [1.165, 1.54) is 6.33 Å². The summed E-state index contributed by atoms with van der Waals surface area (Å²) in [4.78, 5) is 31.2. The summed E-state index contributed by atoms with van der Waals surface area (Å²) in [5.41, 5.74) is 2.66. The van der Waals surface area contributed by atoms with Crippen molar-refractivity contribution in [3.63, 3.8) is 0 Å². The molecule has 0 aliphatic carbocycles. The van der Waals surface area contributed by atoms with Crippen LogP contribution in [0.4, 0.5) is 5.82 Å². The van der Waals surface area contributed by atoms with Gasteiger partial charge >= 0.3 is 8.25 Å². The summed E-state index contributed by atoms with van der Waals surface area (Å²) in [6, 6.07) is 35.0. The Bertz CT molecular complexity index is 2420. The number of amides is 1. The summed E-state index contributed by atoms with van der Waals surface area (Å²) in [5, 5.41) is 2.87. The highest BCUT2D eigenvalue weighted by Crippen LogP contribution is 2.44. The lowest BCUT2D eigenvalue weighted by atomic mass is 9.80. The number of ether oxygens (including phenoxy) is 4. The smallest absolute Gasteiger partial charge is 0.497 e. The number of nitrogens with zero attached hydrogens (tertiary/aromatic N) is 6. The van der Waals surface area contributed by atoms with Crippen LogP contribution < -0.4 is 14.8 Å². The van der Waals surface area contributed by atoms with Crippen molar-refractivity contribution in [2.24, 2.45) is 0 Å². The van der Waals surface area contributed by atoms with Gasteiger partial charge in [0.15, 0.2) is 17.0 Å². The Labute approximate surface area is 382 Å². The van der Waals surface area contributed by atoms with E-state index in [4.69, 9.17) is 28.0 Å². The molecule has 15 nitrogen and oxygen atoms in total. The van der Waals surface area contributed by atoms with Crippen molar-refractivity contribution < 1.29 is 37.4 Å². The van der Waals surface area contributed by atoms with Gasteiger partial charge in [0.2, 0.25) is 0 Å². The number of hydrogen-bond acceptors (Lipinski definition) is 13. The third-order valence-electron chi connectivity index (χ3n) is 11.7. The van der Waals surface area contributed by atoms with Crippen LogP contribution in [-0.2, 0) is 28.7 Å². The maximum Gasteiger partial charge on any atom is 0.697 e. The average Bonchev–Trinajstić information content (AvgIpc) is 3.94. The Morgan fingerprint density at radius 2 is 1.42 bits per heavy atom. The van der Waals surface area contributed by atoms with Crippen LogP contribution in [0, 0.1) is 0 Å². The maximum atomic E-state index is 13.9. The fraction of sp³-hybridized carbons (Fsp3) is 0.388. The van der Waals surface area contributed by atoms with Gasteiger partial charge in [-0.05, 0) is 94.9 Å². The van der Waals surface area contributed by atoms with Gasteiger partial charge in [0.25, 0.3) is 5.91 Å². The second-order valence-electron chi connectivity index (χ2n) is 16.6. The number of hydrogen-bond donors (Lipinski definition) is 1. The van der Waals surface area contributed by atoms with Crippen LogP contribution in [-0.4, -0.2) is 107 Å². The van der Waals surface area contributed by atoms with E-state index in [-0.39, 0.29) is 37.5 Å². The zero-order valence-electron chi connectivity index (χ0n) is 38.2. The standard InChI is InChI=1S/C49H58N7O8P/c1-33(2)56(34(3)4)43(54(5)6)27-28-62-65(58)64-41-29-44(55-32-52-45-46(50-31-51-47(45)55)53-48(57)35-15-11-9-12-16-35)63-42(41)30-61-49(36-17-13-10-14-18-36,37-19-23-39(59-7)24-20-37)38-21-25-40(60-8)26-22-38/h9-26,31-34,41-44H,27-30H2,1-8H3/p+1/t41-,42+,43?,44+/m0/s1. The lowest BCUT2D eigenvalue weighted by Gasteiger charge is -2.41. The molecule has 0 saturated carbocycles. The second kappa shape index (κ2) is 21.6. The molecule has 342 valence electrons. The lowest BCUT2D eigenvalue weighted by molar-refractivity contribution is -0.0907. The Morgan fingerprint density at radius 3 is 1.98 bits per heavy atom. The van der Waals surface area contributed by atoms with Crippen LogP contribution in [0.25, 0.3) is 11.2 Å². The van der Waals surface area contributed by atoms with Crippen molar-refractivity contribution in [3.8, 4) is 11.5 Å². The minimum Gasteiger partial charge on any atom is -0.497 e. The highest BCUT2D eigenvalue weighted by molar-refractivity contribution is 7.33. The van der Waals surface area contributed by atoms with Crippen molar-refractivity contribution in [2.75, 3.05) is 46.8 Å². The number of aromatic nitrogens is 4. The Balaban J connectivity index is 1.21. The van der Waals surface area contributed by atoms with Gasteiger partial charge in [-0.1, -0.05) is 72.8 Å². The molecule has 4 aromatic carbocycles. The number of methoxy groups -OCH3 is 2. The van der Waals surface area contributed by atoms with Crippen LogP contribution in [0.1, 0.15) is 73.8 Å². The van der Waals surface area contributed by atoms with Gasteiger partial charge in [-0.3, -0.25) is 19.2 Å². The average molecular weight is 905 g/mol. The van der Waals surface area contributed by atoms with Crippen molar-refractivity contribution in [1.82, 2.24) is 29.3 Å².